The standard InChI is InChI=1S/C28H6N8S2/c29-7-15-1-16(8-30)4-19(3-15)25-23-24(28(37-25)22(13-35)14-36)26(38-27(23)21(11-33)12-34)20-5-17(9-31)2-18(6-20)10-32/h1-6H. The molecule has 4 aromatic rings. The van der Waals surface area contributed by atoms with Gasteiger partial charge in [-0.1, -0.05) is 0 Å². The molecule has 0 bridgehead atoms. The Morgan fingerprint density at radius 3 is 0.974 bits per heavy atom. The maximum absolute atomic E-state index is 9.74. The molecule has 8 nitrogen and oxygen atoms in total. The summed E-state index contributed by atoms with van der Waals surface area (Å²) in [5.41, 5.74) is 1.23. The van der Waals surface area contributed by atoms with Crippen LogP contribution in [-0.2, 0) is 0 Å². The smallest absolute Gasteiger partial charge is 0.147 e. The third-order valence-electron chi connectivity index (χ3n) is 5.37. The minimum absolute atomic E-state index is 0.203. The number of benzene rings is 2. The Balaban J connectivity index is 2.37. The van der Waals surface area contributed by atoms with E-state index in [9.17, 15) is 42.1 Å². The van der Waals surface area contributed by atoms with Gasteiger partial charge < -0.3 is 0 Å². The third-order valence-corrected chi connectivity index (χ3v) is 7.89. The van der Waals surface area contributed by atoms with E-state index in [1.165, 1.54) is 36.4 Å². The molecule has 0 unspecified atom stereocenters. The van der Waals surface area contributed by atoms with Gasteiger partial charge in [-0.25, -0.2) is 0 Å². The molecule has 0 spiro atoms. The lowest BCUT2D eigenvalue weighted by molar-refractivity contribution is 1.45. The molecule has 0 aliphatic heterocycles. The zero-order valence-corrected chi connectivity index (χ0v) is 20.5. The lowest BCUT2D eigenvalue weighted by Gasteiger charge is -2.01. The van der Waals surface area contributed by atoms with E-state index in [1.54, 1.807) is 0 Å². The van der Waals surface area contributed by atoms with E-state index >= 15 is 0 Å². The monoisotopic (exact) mass is 518 g/mol. The molecule has 0 aliphatic carbocycles. The SMILES string of the molecule is N#CC(C#N)=c1sc(-c2cc(C#N)cc(C#N)c2)c2c(=C(C#N)C#N)sc(-c3cc(C#N)cc(C#N)c3)c12. The normalized spacial score (nSPS) is 9.37. The predicted molar refractivity (Wildman–Crippen MR) is 138 cm³/mol. The third kappa shape index (κ3) is 4.07. The van der Waals surface area contributed by atoms with Crippen LogP contribution >= 0.6 is 22.7 Å². The Kier molecular flexibility index (Phi) is 6.66. The molecule has 170 valence electrons. The summed E-state index contributed by atoms with van der Waals surface area (Å²) in [6.07, 6.45) is 0. The number of nitrogens with zero attached hydrogens (tertiary/aromatic N) is 8. The molecule has 10 heteroatoms. The van der Waals surface area contributed by atoms with E-state index < -0.39 is 0 Å². The van der Waals surface area contributed by atoms with E-state index in [4.69, 9.17) is 0 Å². The van der Waals surface area contributed by atoms with Crippen molar-refractivity contribution in [1.29, 1.82) is 42.1 Å². The molecule has 2 aromatic heterocycles. The maximum Gasteiger partial charge on any atom is 0.147 e. The average Bonchev–Trinajstić information content (AvgIpc) is 3.53. The van der Waals surface area contributed by atoms with Gasteiger partial charge in [0.25, 0.3) is 0 Å². The summed E-state index contributed by atoms with van der Waals surface area (Å²) < 4.78 is 0.518. The first-order valence-electron chi connectivity index (χ1n) is 10.3. The lowest BCUT2D eigenvalue weighted by atomic mass is 10.0. The van der Waals surface area contributed by atoms with Crippen molar-refractivity contribution in [2.45, 2.75) is 0 Å². The Bertz CT molecular complexity index is 1920. The van der Waals surface area contributed by atoms with E-state index in [2.05, 4.69) is 0 Å². The molecule has 0 atom stereocenters. The van der Waals surface area contributed by atoms with Crippen LogP contribution in [0.5, 0.6) is 0 Å². The predicted octanol–water partition coefficient (Wildman–Crippen LogP) is 4.18. The van der Waals surface area contributed by atoms with Gasteiger partial charge in [-0.2, -0.15) is 42.1 Å². The quantitative estimate of drug-likeness (QED) is 0.377. The molecule has 38 heavy (non-hydrogen) atoms. The number of hydrogen-bond acceptors (Lipinski definition) is 10. The fourth-order valence-corrected chi connectivity index (χ4v) is 6.48. The summed E-state index contributed by atoms with van der Waals surface area (Å²) in [5.74, 6) is 0. The molecule has 0 amide bonds. The van der Waals surface area contributed by atoms with Gasteiger partial charge in [0.1, 0.15) is 35.4 Å². The molecule has 0 aliphatic rings. The van der Waals surface area contributed by atoms with Crippen molar-refractivity contribution in [2.75, 3.05) is 0 Å². The highest BCUT2D eigenvalue weighted by atomic mass is 32.1. The first-order valence-corrected chi connectivity index (χ1v) is 12.0. The zero-order valence-electron chi connectivity index (χ0n) is 18.9. The second kappa shape index (κ2) is 10.2. The van der Waals surface area contributed by atoms with E-state index in [0.717, 1.165) is 22.7 Å². The molecule has 2 aromatic carbocycles. The van der Waals surface area contributed by atoms with Crippen molar-refractivity contribution < 1.29 is 0 Å². The van der Waals surface area contributed by atoms with Gasteiger partial charge in [-0.3, -0.25) is 0 Å². The van der Waals surface area contributed by atoms with E-state index in [0.29, 0.717) is 31.7 Å². The fourth-order valence-electron chi connectivity index (χ4n) is 3.86. The molecule has 0 N–H and O–H groups in total. The van der Waals surface area contributed by atoms with Crippen LogP contribution in [0, 0.1) is 90.6 Å². The number of nitriles is 8. The summed E-state index contributed by atoms with van der Waals surface area (Å²) in [5, 5.41) is 77.7. The van der Waals surface area contributed by atoms with Crippen molar-refractivity contribution in [2.24, 2.45) is 0 Å². The van der Waals surface area contributed by atoms with Crippen LogP contribution in [0.1, 0.15) is 22.3 Å². The summed E-state index contributed by atoms with van der Waals surface area (Å²) in [6, 6.07) is 24.5. The maximum atomic E-state index is 9.74. The largest absolute Gasteiger partial charge is 0.192 e. The Morgan fingerprint density at radius 2 is 0.737 bits per heavy atom. The minimum Gasteiger partial charge on any atom is -0.192 e. The highest BCUT2D eigenvalue weighted by molar-refractivity contribution is 7.20. The van der Waals surface area contributed by atoms with Crippen molar-refractivity contribution in [3.8, 4) is 69.4 Å². The molecule has 0 saturated carbocycles. The summed E-state index contributed by atoms with van der Waals surface area (Å²) >= 11 is 2.11. The topological polar surface area (TPSA) is 190 Å². The van der Waals surface area contributed by atoms with Crippen LogP contribution < -0.4 is 9.06 Å². The van der Waals surface area contributed by atoms with Gasteiger partial charge in [0.2, 0.25) is 0 Å². The van der Waals surface area contributed by atoms with Crippen LogP contribution in [0.2, 0.25) is 0 Å². The second-order valence-electron chi connectivity index (χ2n) is 7.51. The van der Waals surface area contributed by atoms with Crippen molar-refractivity contribution in [1.82, 2.24) is 0 Å². The van der Waals surface area contributed by atoms with Crippen molar-refractivity contribution in [3.63, 3.8) is 0 Å². The number of fused-ring (bicyclic) bond motifs is 1. The van der Waals surface area contributed by atoms with Crippen molar-refractivity contribution >= 4 is 44.6 Å². The summed E-state index contributed by atoms with van der Waals surface area (Å²) in [6.45, 7) is 0. The summed E-state index contributed by atoms with van der Waals surface area (Å²) in [4.78, 5) is 0.896. The number of rotatable bonds is 2. The van der Waals surface area contributed by atoms with Crippen molar-refractivity contribution in [3.05, 3.63) is 67.7 Å². The first-order chi connectivity index (χ1) is 18.5. The van der Waals surface area contributed by atoms with Crippen LogP contribution in [0.3, 0.4) is 0 Å². The molecule has 0 radical (unpaired) electrons. The minimum atomic E-state index is -0.221. The van der Waals surface area contributed by atoms with E-state index in [1.807, 2.05) is 48.6 Å². The van der Waals surface area contributed by atoms with Crippen LogP contribution in [0.4, 0.5) is 0 Å². The van der Waals surface area contributed by atoms with Crippen LogP contribution in [-0.4, -0.2) is 0 Å². The lowest BCUT2D eigenvalue weighted by Crippen LogP contribution is -2.00. The van der Waals surface area contributed by atoms with E-state index in [-0.39, 0.29) is 42.5 Å². The van der Waals surface area contributed by atoms with Gasteiger partial charge in [-0.15, -0.1) is 22.7 Å². The number of thiophene rings is 2. The van der Waals surface area contributed by atoms with Gasteiger partial charge in [0.15, 0.2) is 0 Å². The number of hydrogen-bond donors (Lipinski definition) is 0. The summed E-state index contributed by atoms with van der Waals surface area (Å²) in [7, 11) is 0. The fraction of sp³-hybridized carbons (Fsp3) is 0. The Hall–Kier alpha value is -6.24. The zero-order chi connectivity index (χ0) is 27.4. The Labute approximate surface area is 223 Å². The van der Waals surface area contributed by atoms with Gasteiger partial charge >= 0.3 is 0 Å². The Morgan fingerprint density at radius 1 is 0.447 bits per heavy atom. The molecule has 0 saturated heterocycles. The van der Waals surface area contributed by atoms with Crippen LogP contribution in [0.25, 0.3) is 42.8 Å². The van der Waals surface area contributed by atoms with Gasteiger partial charge in [0.05, 0.1) is 55.6 Å². The molecule has 2 heterocycles. The molecular weight excluding hydrogens is 512 g/mol. The van der Waals surface area contributed by atoms with Gasteiger partial charge in [0, 0.05) is 20.5 Å². The average molecular weight is 519 g/mol. The molecular formula is C28H6N8S2. The molecule has 0 fully saturated rings. The van der Waals surface area contributed by atoms with Crippen LogP contribution in [0.15, 0.2) is 36.4 Å². The highest BCUT2D eigenvalue weighted by Gasteiger charge is 2.23. The van der Waals surface area contributed by atoms with Gasteiger partial charge in [-0.05, 0) is 47.5 Å². The second-order valence-corrected chi connectivity index (χ2v) is 9.55. The first kappa shape index (κ1) is 24.9. The molecule has 4 rings (SSSR count). The highest BCUT2D eigenvalue weighted by Crippen LogP contribution is 2.40.